The van der Waals surface area contributed by atoms with Gasteiger partial charge in [0.1, 0.15) is 0 Å². The molecule has 4 rings (SSSR count). The molecule has 8 heteroatoms. The number of pyridine rings is 1. The molecule has 1 aromatic carbocycles. The summed E-state index contributed by atoms with van der Waals surface area (Å²) in [6.07, 6.45) is 4.11. The van der Waals surface area contributed by atoms with Crippen LogP contribution in [0.2, 0.25) is 0 Å². The topological polar surface area (TPSA) is 78.7 Å². The summed E-state index contributed by atoms with van der Waals surface area (Å²) in [6.45, 7) is 3.40. The monoisotopic (exact) mass is 396 g/mol. The Balaban J connectivity index is 1.54. The lowest BCUT2D eigenvalue weighted by Crippen LogP contribution is -2.37. The molecule has 0 aliphatic carbocycles. The minimum Gasteiger partial charge on any atom is -0.493 e. The molecule has 0 spiro atoms. The first-order valence-corrected chi connectivity index (χ1v) is 9.59. The lowest BCUT2D eigenvalue weighted by molar-refractivity contribution is 0.122. The summed E-state index contributed by atoms with van der Waals surface area (Å²) in [5, 5.41) is 0.525. The number of rotatable bonds is 6. The van der Waals surface area contributed by atoms with Crippen molar-refractivity contribution >= 4 is 16.9 Å². The van der Waals surface area contributed by atoms with Crippen LogP contribution in [0, 0.1) is 0 Å². The molecule has 29 heavy (non-hydrogen) atoms. The molecular weight excluding hydrogens is 372 g/mol. The molecule has 0 atom stereocenters. The maximum absolute atomic E-state index is 12.9. The molecule has 3 aromatic rings. The van der Waals surface area contributed by atoms with Gasteiger partial charge in [0, 0.05) is 32.0 Å². The van der Waals surface area contributed by atoms with Crippen molar-refractivity contribution in [2.45, 2.75) is 13.0 Å². The molecule has 0 N–H and O–H groups in total. The Morgan fingerprint density at radius 2 is 1.90 bits per heavy atom. The number of aryl methyl sites for hydroxylation is 2. The number of fused-ring (bicyclic) bond motifs is 1. The molecule has 152 valence electrons. The number of hydrogen-bond donors (Lipinski definition) is 0. The van der Waals surface area contributed by atoms with Crippen molar-refractivity contribution in [2.24, 2.45) is 0 Å². The van der Waals surface area contributed by atoms with Crippen molar-refractivity contribution in [3.05, 3.63) is 52.6 Å². The first-order valence-electron chi connectivity index (χ1n) is 9.59. The van der Waals surface area contributed by atoms with E-state index in [4.69, 9.17) is 14.2 Å². The first-order chi connectivity index (χ1) is 14.2. The highest BCUT2D eigenvalue weighted by molar-refractivity contribution is 5.77. The largest absolute Gasteiger partial charge is 0.493 e. The van der Waals surface area contributed by atoms with Crippen LogP contribution in [0.1, 0.15) is 5.56 Å². The highest BCUT2D eigenvalue weighted by Crippen LogP contribution is 2.27. The van der Waals surface area contributed by atoms with E-state index in [1.807, 2.05) is 24.3 Å². The van der Waals surface area contributed by atoms with E-state index in [-0.39, 0.29) is 5.56 Å². The van der Waals surface area contributed by atoms with Gasteiger partial charge in [-0.25, -0.2) is 9.97 Å². The average molecular weight is 396 g/mol. The second-order valence-corrected chi connectivity index (χ2v) is 6.82. The van der Waals surface area contributed by atoms with E-state index in [1.165, 1.54) is 0 Å². The predicted molar refractivity (Wildman–Crippen MR) is 110 cm³/mol. The fraction of sp³-hybridized carbons (Fsp3) is 0.381. The van der Waals surface area contributed by atoms with Gasteiger partial charge in [-0.15, -0.1) is 0 Å². The minimum atomic E-state index is -0.0866. The molecule has 8 nitrogen and oxygen atoms in total. The zero-order valence-corrected chi connectivity index (χ0v) is 16.6. The molecule has 0 radical (unpaired) electrons. The third-order valence-corrected chi connectivity index (χ3v) is 5.09. The van der Waals surface area contributed by atoms with Crippen molar-refractivity contribution in [3.8, 4) is 11.5 Å². The van der Waals surface area contributed by atoms with Gasteiger partial charge in [-0.3, -0.25) is 4.79 Å². The van der Waals surface area contributed by atoms with Crippen molar-refractivity contribution in [2.75, 3.05) is 45.4 Å². The Kier molecular flexibility index (Phi) is 5.62. The summed E-state index contributed by atoms with van der Waals surface area (Å²) < 4.78 is 17.7. The zero-order chi connectivity index (χ0) is 20.2. The molecule has 0 unspecified atom stereocenters. The predicted octanol–water partition coefficient (Wildman–Crippen LogP) is 1.89. The van der Waals surface area contributed by atoms with E-state index in [0.29, 0.717) is 54.5 Å². The molecule has 1 saturated heterocycles. The van der Waals surface area contributed by atoms with Crippen LogP contribution >= 0.6 is 0 Å². The van der Waals surface area contributed by atoms with Crippen LogP contribution in [-0.2, 0) is 17.7 Å². The normalized spacial score (nSPS) is 14.2. The van der Waals surface area contributed by atoms with E-state index in [9.17, 15) is 4.79 Å². The summed E-state index contributed by atoms with van der Waals surface area (Å²) >= 11 is 0. The Morgan fingerprint density at radius 3 is 2.66 bits per heavy atom. The van der Waals surface area contributed by atoms with E-state index in [0.717, 1.165) is 18.7 Å². The molecular formula is C21H24N4O4. The fourth-order valence-electron chi connectivity index (χ4n) is 3.44. The van der Waals surface area contributed by atoms with Gasteiger partial charge >= 0.3 is 0 Å². The van der Waals surface area contributed by atoms with Crippen LogP contribution in [-0.4, -0.2) is 55.1 Å². The lowest BCUT2D eigenvalue weighted by Gasteiger charge is -2.26. The highest BCUT2D eigenvalue weighted by Gasteiger charge is 2.15. The van der Waals surface area contributed by atoms with Crippen molar-refractivity contribution < 1.29 is 14.2 Å². The second-order valence-electron chi connectivity index (χ2n) is 6.82. The van der Waals surface area contributed by atoms with Gasteiger partial charge in [0.15, 0.2) is 11.5 Å². The standard InChI is InChI=1S/C21H24N4O4/c1-27-18-4-3-15(13-19(18)28-2)5-7-24-8-6-17-16(20(24)26)14-22-21(23-17)25-9-11-29-12-10-25/h3-4,6,8,13-14H,5,7,9-12H2,1-2H3. The molecule has 3 heterocycles. The molecule has 1 aliphatic rings. The smallest absolute Gasteiger partial charge is 0.261 e. The van der Waals surface area contributed by atoms with Gasteiger partial charge in [-0.2, -0.15) is 0 Å². The van der Waals surface area contributed by atoms with Crippen molar-refractivity contribution in [3.63, 3.8) is 0 Å². The number of ether oxygens (including phenoxy) is 3. The van der Waals surface area contributed by atoms with Gasteiger partial charge in [-0.1, -0.05) is 6.07 Å². The molecule has 0 saturated carbocycles. The summed E-state index contributed by atoms with van der Waals surface area (Å²) in [6, 6.07) is 7.66. The van der Waals surface area contributed by atoms with Crippen LogP contribution in [0.5, 0.6) is 11.5 Å². The fourth-order valence-corrected chi connectivity index (χ4v) is 3.44. The van der Waals surface area contributed by atoms with Crippen LogP contribution in [0.15, 0.2) is 41.5 Å². The maximum atomic E-state index is 12.9. The minimum absolute atomic E-state index is 0.0866. The number of hydrogen-bond acceptors (Lipinski definition) is 7. The first kappa shape index (κ1) is 19.2. The van der Waals surface area contributed by atoms with Crippen molar-refractivity contribution in [1.29, 1.82) is 0 Å². The second kappa shape index (κ2) is 8.48. The molecule has 0 bridgehead atoms. The van der Waals surface area contributed by atoms with E-state index in [2.05, 4.69) is 14.9 Å². The summed E-state index contributed by atoms with van der Waals surface area (Å²) in [7, 11) is 3.22. The number of benzene rings is 1. The van der Waals surface area contributed by atoms with E-state index in [1.54, 1.807) is 31.2 Å². The van der Waals surface area contributed by atoms with Crippen LogP contribution < -0.4 is 19.9 Å². The summed E-state index contributed by atoms with van der Waals surface area (Å²) in [5.74, 6) is 2.01. The zero-order valence-electron chi connectivity index (χ0n) is 16.6. The van der Waals surface area contributed by atoms with Crippen LogP contribution in [0.4, 0.5) is 5.95 Å². The van der Waals surface area contributed by atoms with Gasteiger partial charge in [0.25, 0.3) is 5.56 Å². The van der Waals surface area contributed by atoms with Crippen LogP contribution in [0.3, 0.4) is 0 Å². The van der Waals surface area contributed by atoms with Gasteiger partial charge in [-0.05, 0) is 30.2 Å². The SMILES string of the molecule is COc1ccc(CCn2ccc3nc(N4CCOCC4)ncc3c2=O)cc1OC. The highest BCUT2D eigenvalue weighted by atomic mass is 16.5. The molecule has 2 aromatic heterocycles. The Morgan fingerprint density at radius 1 is 1.10 bits per heavy atom. The third kappa shape index (κ3) is 4.02. The Hall–Kier alpha value is -3.13. The van der Waals surface area contributed by atoms with Crippen molar-refractivity contribution in [1.82, 2.24) is 14.5 Å². The number of methoxy groups -OCH3 is 2. The molecule has 0 amide bonds. The molecule has 1 fully saturated rings. The Labute approximate surface area is 168 Å². The van der Waals surface area contributed by atoms with Gasteiger partial charge in [0.05, 0.1) is 38.3 Å². The maximum Gasteiger partial charge on any atom is 0.261 e. The average Bonchev–Trinajstić information content (AvgIpc) is 2.78. The number of anilines is 1. The van der Waals surface area contributed by atoms with Gasteiger partial charge in [0.2, 0.25) is 5.95 Å². The van der Waals surface area contributed by atoms with E-state index >= 15 is 0 Å². The summed E-state index contributed by atoms with van der Waals surface area (Å²) in [5.41, 5.74) is 1.64. The van der Waals surface area contributed by atoms with Gasteiger partial charge < -0.3 is 23.7 Å². The number of nitrogens with zero attached hydrogens (tertiary/aromatic N) is 4. The number of morpholine rings is 1. The van der Waals surface area contributed by atoms with Crippen LogP contribution in [0.25, 0.3) is 10.9 Å². The van der Waals surface area contributed by atoms with E-state index < -0.39 is 0 Å². The quantitative estimate of drug-likeness (QED) is 0.630. The molecule has 1 aliphatic heterocycles. The Bertz CT molecular complexity index is 1060. The third-order valence-electron chi connectivity index (χ3n) is 5.09. The lowest BCUT2D eigenvalue weighted by atomic mass is 10.1. The number of aromatic nitrogens is 3. The summed E-state index contributed by atoms with van der Waals surface area (Å²) in [4.78, 5) is 23.9.